The van der Waals surface area contributed by atoms with Crippen molar-refractivity contribution in [2.24, 2.45) is 17.4 Å². The van der Waals surface area contributed by atoms with Crippen molar-refractivity contribution in [3.05, 3.63) is 108 Å². The molecule has 1 fully saturated rings. The number of halogens is 3. The SMILES string of the molecule is CC(C)C[C@@H](NC(=O)[C@@H](Cc1ccccc1)NC(=O)[C@H](N)Cc1ccccc1)C(=O)N[C@H](CCCCN)C(=O)N1CCC(C)(N(C)C(=O)c2cn3ccccc3n2)CC1.Cl.Cl.Cl. The van der Waals surface area contributed by atoms with Crippen LogP contribution in [0.3, 0.4) is 0 Å². The molecule has 5 amide bonds. The number of nitrogens with two attached hydrogens (primary N) is 2. The number of nitrogens with zero attached hydrogens (tertiary/aromatic N) is 4. The number of aromatic nitrogens is 2. The molecule has 1 aliphatic rings. The Hall–Kier alpha value is -4.73. The molecule has 1 saturated heterocycles. The van der Waals surface area contributed by atoms with Crippen LogP contribution in [-0.2, 0) is 32.0 Å². The van der Waals surface area contributed by atoms with Crippen LogP contribution in [0.4, 0.5) is 0 Å². The molecule has 0 unspecified atom stereocenters. The fourth-order valence-electron chi connectivity index (χ4n) is 7.52. The second-order valence-electron chi connectivity index (χ2n) is 16.4. The van der Waals surface area contributed by atoms with E-state index >= 15 is 0 Å². The molecule has 0 saturated carbocycles. The molecule has 17 heteroatoms. The molecule has 340 valence electrons. The van der Waals surface area contributed by atoms with Gasteiger partial charge in [0, 0.05) is 44.5 Å². The fourth-order valence-corrected chi connectivity index (χ4v) is 7.52. The number of piperidine rings is 1. The van der Waals surface area contributed by atoms with Crippen LogP contribution in [0.1, 0.15) is 80.9 Å². The molecule has 2 aromatic heterocycles. The predicted molar refractivity (Wildman–Crippen MR) is 250 cm³/mol. The minimum Gasteiger partial charge on any atom is -0.343 e. The summed E-state index contributed by atoms with van der Waals surface area (Å²) in [6.45, 7) is 7.14. The van der Waals surface area contributed by atoms with Crippen LogP contribution in [-0.4, -0.2) is 105 Å². The minimum absolute atomic E-state index is 0. The summed E-state index contributed by atoms with van der Waals surface area (Å²) in [5.74, 6) is -1.89. The van der Waals surface area contributed by atoms with Gasteiger partial charge in [0.05, 0.1) is 6.04 Å². The van der Waals surface area contributed by atoms with Crippen molar-refractivity contribution >= 4 is 72.4 Å². The normalized spacial score (nSPS) is 15.0. The summed E-state index contributed by atoms with van der Waals surface area (Å²) in [4.78, 5) is 77.3. The Morgan fingerprint density at radius 2 is 1.31 bits per heavy atom. The van der Waals surface area contributed by atoms with E-state index < -0.39 is 47.4 Å². The standard InChI is InChI=1S/C45H61N9O5.3ClH/c1-31(2)27-36(51-42(57)37(29-33-17-9-6-10-18-33)50-40(55)34(47)28-32-15-7-5-8-16-32)41(56)49-35(19-11-13-23-46)44(59)53-25-21-45(3,22-26-53)52(4)43(58)38-30-54-24-14-12-20-39(54)48-38;;;/h5-10,12,14-18,20,24,30-31,34-37H,11,13,19,21-23,25-29,46-47H2,1-4H3,(H,49,56)(H,50,55)(H,51,57);3*1H/t34-,35-,36-,37-;;;/m1.../s1. The molecule has 4 aromatic rings. The lowest BCUT2D eigenvalue weighted by Crippen LogP contribution is -2.60. The highest BCUT2D eigenvalue weighted by Crippen LogP contribution is 2.29. The molecule has 2 aromatic carbocycles. The summed E-state index contributed by atoms with van der Waals surface area (Å²) in [6, 6.07) is 20.6. The number of pyridine rings is 1. The topological polar surface area (TPSA) is 197 Å². The number of carbonyl (C=O) groups excluding carboxylic acids is 5. The van der Waals surface area contributed by atoms with Gasteiger partial charge in [0.15, 0.2) is 0 Å². The first-order chi connectivity index (χ1) is 28.3. The number of benzene rings is 2. The van der Waals surface area contributed by atoms with Gasteiger partial charge in [-0.25, -0.2) is 4.98 Å². The summed E-state index contributed by atoms with van der Waals surface area (Å²) in [7, 11) is 1.78. The first kappa shape index (κ1) is 53.4. The maximum Gasteiger partial charge on any atom is 0.274 e. The first-order valence-electron chi connectivity index (χ1n) is 20.7. The quantitative estimate of drug-likeness (QED) is 0.0849. The number of hydrogen-bond acceptors (Lipinski definition) is 8. The molecule has 0 radical (unpaired) electrons. The third-order valence-electron chi connectivity index (χ3n) is 11.3. The van der Waals surface area contributed by atoms with Crippen LogP contribution in [0.2, 0.25) is 0 Å². The summed E-state index contributed by atoms with van der Waals surface area (Å²) in [5.41, 5.74) is 14.3. The number of unbranched alkanes of at least 4 members (excludes halogenated alkanes) is 1. The number of hydrogen-bond donors (Lipinski definition) is 5. The van der Waals surface area contributed by atoms with E-state index in [0.717, 1.165) is 11.1 Å². The van der Waals surface area contributed by atoms with Crippen LogP contribution in [0.5, 0.6) is 0 Å². The van der Waals surface area contributed by atoms with Crippen molar-refractivity contribution in [3.63, 3.8) is 0 Å². The summed E-state index contributed by atoms with van der Waals surface area (Å²) in [6.07, 6.45) is 7.07. The molecule has 4 atom stereocenters. The average molecular weight is 917 g/mol. The van der Waals surface area contributed by atoms with Crippen LogP contribution in [0, 0.1) is 5.92 Å². The van der Waals surface area contributed by atoms with Crippen molar-refractivity contribution in [1.82, 2.24) is 35.1 Å². The van der Waals surface area contributed by atoms with Crippen LogP contribution in [0.25, 0.3) is 5.65 Å². The molecule has 62 heavy (non-hydrogen) atoms. The number of amides is 5. The predicted octanol–water partition coefficient (Wildman–Crippen LogP) is 4.50. The van der Waals surface area contributed by atoms with E-state index in [-0.39, 0.29) is 61.4 Å². The molecule has 3 heterocycles. The minimum atomic E-state index is -1.02. The number of nitrogens with one attached hydrogen (secondary N) is 3. The van der Waals surface area contributed by atoms with Gasteiger partial charge in [0.25, 0.3) is 5.91 Å². The Morgan fingerprint density at radius 3 is 1.89 bits per heavy atom. The van der Waals surface area contributed by atoms with Gasteiger partial charge in [0.1, 0.15) is 29.5 Å². The maximum atomic E-state index is 14.2. The highest BCUT2D eigenvalue weighted by molar-refractivity contribution is 5.95. The Bertz CT molecular complexity index is 2000. The smallest absolute Gasteiger partial charge is 0.274 e. The van der Waals surface area contributed by atoms with E-state index in [9.17, 15) is 24.0 Å². The van der Waals surface area contributed by atoms with Gasteiger partial charge in [0.2, 0.25) is 23.6 Å². The molecular formula is C45H64Cl3N9O5. The van der Waals surface area contributed by atoms with Crippen molar-refractivity contribution in [2.45, 2.75) is 102 Å². The summed E-state index contributed by atoms with van der Waals surface area (Å²) >= 11 is 0. The Balaban J connectivity index is 0.00000441. The lowest BCUT2D eigenvalue weighted by Gasteiger charge is -2.45. The molecule has 5 rings (SSSR count). The average Bonchev–Trinajstić information content (AvgIpc) is 3.67. The number of fused-ring (bicyclic) bond motifs is 1. The lowest BCUT2D eigenvalue weighted by molar-refractivity contribution is -0.139. The Labute approximate surface area is 383 Å². The van der Waals surface area contributed by atoms with Gasteiger partial charge in [-0.1, -0.05) is 80.6 Å². The Morgan fingerprint density at radius 1 is 0.758 bits per heavy atom. The lowest BCUT2D eigenvalue weighted by atomic mass is 9.87. The third-order valence-corrected chi connectivity index (χ3v) is 11.3. The molecule has 0 aliphatic carbocycles. The molecule has 14 nitrogen and oxygen atoms in total. The van der Waals surface area contributed by atoms with Gasteiger partial charge in [-0.15, -0.1) is 37.2 Å². The van der Waals surface area contributed by atoms with Crippen molar-refractivity contribution in [3.8, 4) is 0 Å². The van der Waals surface area contributed by atoms with Gasteiger partial charge in [-0.05, 0) is 87.6 Å². The van der Waals surface area contributed by atoms with E-state index in [1.807, 2.05) is 110 Å². The first-order valence-corrected chi connectivity index (χ1v) is 20.7. The van der Waals surface area contributed by atoms with Gasteiger partial charge in [-0.3, -0.25) is 24.0 Å². The van der Waals surface area contributed by atoms with E-state index in [0.29, 0.717) is 75.9 Å². The highest BCUT2D eigenvalue weighted by atomic mass is 35.5. The van der Waals surface area contributed by atoms with Crippen molar-refractivity contribution in [1.29, 1.82) is 0 Å². The second-order valence-corrected chi connectivity index (χ2v) is 16.4. The van der Waals surface area contributed by atoms with Gasteiger partial charge in [-0.2, -0.15) is 0 Å². The van der Waals surface area contributed by atoms with Crippen LogP contribution >= 0.6 is 37.2 Å². The summed E-state index contributed by atoms with van der Waals surface area (Å²) in [5, 5.41) is 8.75. The highest BCUT2D eigenvalue weighted by Gasteiger charge is 2.40. The molecule has 0 spiro atoms. The second kappa shape index (κ2) is 25.4. The molecular weight excluding hydrogens is 853 g/mol. The van der Waals surface area contributed by atoms with Gasteiger partial charge < -0.3 is 41.6 Å². The zero-order valence-corrected chi connectivity index (χ0v) is 38.5. The largest absolute Gasteiger partial charge is 0.343 e. The van der Waals surface area contributed by atoms with Gasteiger partial charge >= 0.3 is 0 Å². The van der Waals surface area contributed by atoms with E-state index in [1.54, 1.807) is 23.0 Å². The van der Waals surface area contributed by atoms with E-state index in [4.69, 9.17) is 11.5 Å². The molecule has 1 aliphatic heterocycles. The van der Waals surface area contributed by atoms with Crippen LogP contribution in [0.15, 0.2) is 91.3 Å². The van der Waals surface area contributed by atoms with E-state index in [1.165, 1.54) is 0 Å². The maximum absolute atomic E-state index is 14.2. The van der Waals surface area contributed by atoms with Crippen molar-refractivity contribution in [2.75, 3.05) is 26.7 Å². The number of carbonyl (C=O) groups is 5. The molecule has 0 bridgehead atoms. The Kier molecular flexibility index (Phi) is 21.9. The summed E-state index contributed by atoms with van der Waals surface area (Å²) < 4.78 is 1.81. The number of likely N-dealkylation sites (tertiary alicyclic amines) is 1. The fraction of sp³-hybridized carbons (Fsp3) is 0.467. The monoisotopic (exact) mass is 915 g/mol. The van der Waals surface area contributed by atoms with Crippen LogP contribution < -0.4 is 27.4 Å². The zero-order valence-electron chi connectivity index (χ0n) is 36.0. The number of rotatable bonds is 19. The van der Waals surface area contributed by atoms with E-state index in [2.05, 4.69) is 20.9 Å². The third kappa shape index (κ3) is 14.7. The van der Waals surface area contributed by atoms with Crippen molar-refractivity contribution < 1.29 is 24.0 Å². The molecule has 7 N–H and O–H groups in total. The zero-order chi connectivity index (χ0) is 42.5. The number of imidazole rings is 1.